The van der Waals surface area contributed by atoms with Crippen molar-refractivity contribution in [3.8, 4) is 5.75 Å². The molecular weight excluding hydrogens is 474 g/mol. The van der Waals surface area contributed by atoms with E-state index >= 15 is 0 Å². The van der Waals surface area contributed by atoms with Gasteiger partial charge in [-0.2, -0.15) is 0 Å². The molecule has 1 aliphatic rings. The Kier molecular flexibility index (Phi) is 8.21. The molecular formula is C30H32F2N2O3. The molecule has 2 atom stereocenters. The molecule has 37 heavy (non-hydrogen) atoms. The average Bonchev–Trinajstić information content (AvgIpc) is 2.86. The Bertz CT molecular complexity index is 1280. The van der Waals surface area contributed by atoms with Crippen molar-refractivity contribution in [3.63, 3.8) is 0 Å². The Labute approximate surface area is 216 Å². The van der Waals surface area contributed by atoms with E-state index in [1.807, 2.05) is 43.0 Å². The van der Waals surface area contributed by atoms with Crippen LogP contribution in [-0.4, -0.2) is 29.4 Å². The Morgan fingerprint density at radius 1 is 1.00 bits per heavy atom. The number of nitrogens with one attached hydrogen (secondary N) is 1. The van der Waals surface area contributed by atoms with Crippen LogP contribution in [0.5, 0.6) is 5.75 Å². The first-order chi connectivity index (χ1) is 17.7. The van der Waals surface area contributed by atoms with Gasteiger partial charge in [-0.05, 0) is 77.9 Å². The number of amides is 2. The Morgan fingerprint density at radius 3 is 2.43 bits per heavy atom. The fraction of sp³-hybridized carbons (Fsp3) is 0.333. The van der Waals surface area contributed by atoms with E-state index in [9.17, 15) is 18.4 Å². The highest BCUT2D eigenvalue weighted by Gasteiger charge is 2.33. The van der Waals surface area contributed by atoms with Crippen LogP contribution in [0.3, 0.4) is 0 Å². The molecule has 2 amide bonds. The number of ether oxygens (including phenoxy) is 1. The predicted octanol–water partition coefficient (Wildman–Crippen LogP) is 5.57. The lowest BCUT2D eigenvalue weighted by Gasteiger charge is -2.38. The first-order valence-electron chi connectivity index (χ1n) is 12.6. The molecule has 0 radical (unpaired) electrons. The van der Waals surface area contributed by atoms with Gasteiger partial charge in [0.05, 0.1) is 6.04 Å². The van der Waals surface area contributed by atoms with Gasteiger partial charge in [-0.1, -0.05) is 44.2 Å². The lowest BCUT2D eigenvalue weighted by Crippen LogP contribution is -2.41. The van der Waals surface area contributed by atoms with Crippen LogP contribution in [-0.2, 0) is 22.6 Å². The second-order valence-corrected chi connectivity index (χ2v) is 9.86. The molecule has 0 spiro atoms. The summed E-state index contributed by atoms with van der Waals surface area (Å²) >= 11 is 0. The van der Waals surface area contributed by atoms with Gasteiger partial charge in [0.2, 0.25) is 5.91 Å². The zero-order chi connectivity index (χ0) is 26.5. The van der Waals surface area contributed by atoms with Gasteiger partial charge in [0.1, 0.15) is 17.4 Å². The van der Waals surface area contributed by atoms with Crippen LogP contribution < -0.4 is 10.1 Å². The van der Waals surface area contributed by atoms with Gasteiger partial charge < -0.3 is 15.0 Å². The molecule has 1 N–H and O–H groups in total. The maximum absolute atomic E-state index is 14.2. The summed E-state index contributed by atoms with van der Waals surface area (Å²) in [5.74, 6) is -0.366. The molecule has 7 heteroatoms. The van der Waals surface area contributed by atoms with E-state index in [0.29, 0.717) is 36.3 Å². The summed E-state index contributed by atoms with van der Waals surface area (Å²) in [7, 11) is 0. The van der Waals surface area contributed by atoms with Crippen molar-refractivity contribution in [1.82, 2.24) is 10.2 Å². The molecule has 194 valence electrons. The zero-order valence-electron chi connectivity index (χ0n) is 21.3. The molecule has 0 bridgehead atoms. The highest BCUT2D eigenvalue weighted by Crippen LogP contribution is 2.38. The topological polar surface area (TPSA) is 58.6 Å². The van der Waals surface area contributed by atoms with Crippen molar-refractivity contribution in [2.75, 3.05) is 6.54 Å². The highest BCUT2D eigenvalue weighted by atomic mass is 19.1. The first-order valence-corrected chi connectivity index (χ1v) is 12.6. The molecule has 4 rings (SSSR count). The molecule has 3 aromatic carbocycles. The minimum atomic E-state index is -0.804. The monoisotopic (exact) mass is 506 g/mol. The minimum Gasteiger partial charge on any atom is -0.481 e. The smallest absolute Gasteiger partial charge is 0.261 e. The van der Waals surface area contributed by atoms with E-state index in [1.54, 1.807) is 25.1 Å². The van der Waals surface area contributed by atoms with Crippen molar-refractivity contribution in [3.05, 3.63) is 101 Å². The SMILES string of the molecule is CC(C)CC(=O)N1CCc2ccc(O[C@@H](C)C(=O)NCc3cccc(F)c3)cc2[C@@H]1c1cccc(F)c1. The van der Waals surface area contributed by atoms with Crippen LogP contribution in [0, 0.1) is 17.6 Å². The zero-order valence-corrected chi connectivity index (χ0v) is 21.3. The van der Waals surface area contributed by atoms with E-state index in [1.165, 1.54) is 24.3 Å². The summed E-state index contributed by atoms with van der Waals surface area (Å²) in [5.41, 5.74) is 3.26. The number of hydrogen-bond donors (Lipinski definition) is 1. The third-order valence-corrected chi connectivity index (χ3v) is 6.45. The number of hydrogen-bond acceptors (Lipinski definition) is 3. The lowest BCUT2D eigenvalue weighted by molar-refractivity contribution is -0.134. The van der Waals surface area contributed by atoms with Crippen LogP contribution in [0.2, 0.25) is 0 Å². The predicted molar refractivity (Wildman–Crippen MR) is 138 cm³/mol. The minimum absolute atomic E-state index is 0.0197. The molecule has 1 heterocycles. The molecule has 0 fully saturated rings. The van der Waals surface area contributed by atoms with Crippen molar-refractivity contribution in [2.24, 2.45) is 5.92 Å². The van der Waals surface area contributed by atoms with Gasteiger partial charge in [-0.15, -0.1) is 0 Å². The normalized spacial score (nSPS) is 15.7. The van der Waals surface area contributed by atoms with E-state index < -0.39 is 12.1 Å². The number of halogens is 2. The van der Waals surface area contributed by atoms with E-state index in [4.69, 9.17) is 4.74 Å². The van der Waals surface area contributed by atoms with Crippen molar-refractivity contribution in [2.45, 2.75) is 52.3 Å². The second kappa shape index (κ2) is 11.5. The molecule has 1 aliphatic heterocycles. The Morgan fingerprint density at radius 2 is 1.73 bits per heavy atom. The van der Waals surface area contributed by atoms with Crippen LogP contribution in [0.4, 0.5) is 8.78 Å². The van der Waals surface area contributed by atoms with Gasteiger partial charge in [-0.25, -0.2) is 8.78 Å². The quantitative estimate of drug-likeness (QED) is 0.435. The maximum atomic E-state index is 14.2. The average molecular weight is 507 g/mol. The van der Waals surface area contributed by atoms with E-state index in [2.05, 4.69) is 5.32 Å². The van der Waals surface area contributed by atoms with Gasteiger partial charge in [-0.3, -0.25) is 9.59 Å². The van der Waals surface area contributed by atoms with E-state index in [-0.39, 0.29) is 35.9 Å². The van der Waals surface area contributed by atoms with Gasteiger partial charge in [0, 0.05) is 19.5 Å². The summed E-state index contributed by atoms with van der Waals surface area (Å²) in [6, 6.07) is 17.5. The number of nitrogens with zero attached hydrogens (tertiary/aromatic N) is 1. The third kappa shape index (κ3) is 6.53. The standard InChI is InChI=1S/C30H32F2N2O3/c1-19(2)14-28(35)34-13-12-22-10-11-26(17-27(22)29(34)23-7-5-9-25(32)16-23)37-20(3)30(36)33-18-21-6-4-8-24(31)15-21/h4-11,15-17,19-20,29H,12-14,18H2,1-3H3,(H,33,36)/t20-,29-/m0/s1. The van der Waals surface area contributed by atoms with Crippen LogP contribution >= 0.6 is 0 Å². The van der Waals surface area contributed by atoms with Gasteiger partial charge in [0.15, 0.2) is 6.10 Å². The summed E-state index contributed by atoms with van der Waals surface area (Å²) in [5, 5.41) is 2.76. The molecule has 3 aromatic rings. The number of rotatable bonds is 8. The summed E-state index contributed by atoms with van der Waals surface area (Å²) in [6.45, 7) is 6.37. The molecule has 0 unspecified atom stereocenters. The third-order valence-electron chi connectivity index (χ3n) is 6.45. The fourth-order valence-electron chi connectivity index (χ4n) is 4.68. The van der Waals surface area contributed by atoms with Crippen LogP contribution in [0.15, 0.2) is 66.7 Å². The van der Waals surface area contributed by atoms with Crippen molar-refractivity contribution < 1.29 is 23.1 Å². The number of carbonyl (C=O) groups is 2. The van der Waals surface area contributed by atoms with Crippen LogP contribution in [0.25, 0.3) is 0 Å². The molecule has 0 saturated heterocycles. The first kappa shape index (κ1) is 26.3. The van der Waals surface area contributed by atoms with Crippen molar-refractivity contribution in [1.29, 1.82) is 0 Å². The highest BCUT2D eigenvalue weighted by molar-refractivity contribution is 5.80. The Hall–Kier alpha value is -3.74. The summed E-state index contributed by atoms with van der Waals surface area (Å²) in [4.78, 5) is 27.6. The fourth-order valence-corrected chi connectivity index (χ4v) is 4.68. The molecule has 0 aromatic heterocycles. The van der Waals surface area contributed by atoms with E-state index in [0.717, 1.165) is 11.1 Å². The van der Waals surface area contributed by atoms with Crippen molar-refractivity contribution >= 4 is 11.8 Å². The largest absolute Gasteiger partial charge is 0.481 e. The maximum Gasteiger partial charge on any atom is 0.261 e. The number of carbonyl (C=O) groups excluding carboxylic acids is 2. The number of fused-ring (bicyclic) bond motifs is 1. The van der Waals surface area contributed by atoms with Gasteiger partial charge >= 0.3 is 0 Å². The molecule has 0 saturated carbocycles. The Balaban J connectivity index is 1.56. The molecule has 0 aliphatic carbocycles. The summed E-state index contributed by atoms with van der Waals surface area (Å²) < 4.78 is 33.6. The van der Waals surface area contributed by atoms with Gasteiger partial charge in [0.25, 0.3) is 5.91 Å². The number of benzene rings is 3. The summed E-state index contributed by atoms with van der Waals surface area (Å²) in [6.07, 6.45) is 0.274. The van der Waals surface area contributed by atoms with Crippen LogP contribution in [0.1, 0.15) is 55.5 Å². The molecule has 5 nitrogen and oxygen atoms in total. The lowest BCUT2D eigenvalue weighted by atomic mass is 9.87. The second-order valence-electron chi connectivity index (χ2n) is 9.86.